The second-order valence-electron chi connectivity index (χ2n) is 4.60. The average Bonchev–Trinajstić information content (AvgIpc) is 2.08. The molecule has 3 nitrogen and oxygen atoms in total. The van der Waals surface area contributed by atoms with Gasteiger partial charge >= 0.3 is 5.97 Å². The Morgan fingerprint density at radius 3 is 2.50 bits per heavy atom. The number of hydrogen-bond acceptors (Lipinski definition) is 2. The Labute approximate surface area is 93.5 Å². The molecule has 0 aliphatic carbocycles. The number of aryl methyl sites for hydroxylation is 1. The maximum absolute atomic E-state index is 13.3. The summed E-state index contributed by atoms with van der Waals surface area (Å²) in [5, 5.41) is 18.4. The molecule has 0 saturated carbocycles. The number of halogens is 1. The van der Waals surface area contributed by atoms with E-state index in [1.807, 2.05) is 0 Å². The number of benzene rings is 1. The third-order valence-electron chi connectivity index (χ3n) is 2.53. The quantitative estimate of drug-likeness (QED) is 0.832. The van der Waals surface area contributed by atoms with Crippen molar-refractivity contribution in [3.63, 3.8) is 0 Å². The number of phenolic OH excluding ortho intramolecular Hbond substituents is 1. The molecule has 0 saturated heterocycles. The lowest BCUT2D eigenvalue weighted by atomic mass is 9.80. The normalized spacial score (nSPS) is 11.5. The number of rotatable bonds is 3. The van der Waals surface area contributed by atoms with Crippen LogP contribution in [0.1, 0.15) is 31.4 Å². The van der Waals surface area contributed by atoms with Crippen LogP contribution in [0.4, 0.5) is 4.39 Å². The van der Waals surface area contributed by atoms with Crippen LogP contribution in [0.15, 0.2) is 12.1 Å². The second-order valence-corrected chi connectivity index (χ2v) is 4.60. The molecule has 0 aliphatic heterocycles. The van der Waals surface area contributed by atoms with Crippen molar-refractivity contribution in [1.82, 2.24) is 0 Å². The van der Waals surface area contributed by atoms with Crippen molar-refractivity contribution >= 4 is 5.97 Å². The highest BCUT2D eigenvalue weighted by atomic mass is 19.1. The van der Waals surface area contributed by atoms with Crippen LogP contribution in [0.5, 0.6) is 5.75 Å². The Balaban J connectivity index is 3.26. The van der Waals surface area contributed by atoms with Crippen molar-refractivity contribution in [2.75, 3.05) is 0 Å². The fourth-order valence-electron chi connectivity index (χ4n) is 1.72. The number of aliphatic carboxylic acids is 1. The van der Waals surface area contributed by atoms with Crippen LogP contribution in [0.25, 0.3) is 0 Å². The molecular formula is C12H15FO3. The van der Waals surface area contributed by atoms with E-state index >= 15 is 0 Å². The first-order chi connectivity index (χ1) is 7.24. The van der Waals surface area contributed by atoms with Crippen LogP contribution < -0.4 is 0 Å². The number of carbonyl (C=O) groups is 1. The zero-order valence-electron chi connectivity index (χ0n) is 9.54. The third kappa shape index (κ3) is 2.51. The molecule has 0 amide bonds. The maximum Gasteiger partial charge on any atom is 0.304 e. The first-order valence-electron chi connectivity index (χ1n) is 4.95. The highest BCUT2D eigenvalue weighted by Crippen LogP contribution is 2.36. The lowest BCUT2D eigenvalue weighted by Crippen LogP contribution is -2.22. The molecule has 0 fully saturated rings. The minimum absolute atomic E-state index is 0.163. The molecule has 0 atom stereocenters. The van der Waals surface area contributed by atoms with Gasteiger partial charge in [0, 0.05) is 11.0 Å². The summed E-state index contributed by atoms with van der Waals surface area (Å²) in [4.78, 5) is 10.7. The van der Waals surface area contributed by atoms with E-state index < -0.39 is 23.0 Å². The summed E-state index contributed by atoms with van der Waals surface area (Å²) in [5.41, 5.74) is 0.180. The molecule has 16 heavy (non-hydrogen) atoms. The lowest BCUT2D eigenvalue weighted by Gasteiger charge is -2.24. The molecule has 0 unspecified atom stereocenters. The zero-order valence-corrected chi connectivity index (χ0v) is 9.54. The predicted molar refractivity (Wildman–Crippen MR) is 58.1 cm³/mol. The van der Waals surface area contributed by atoms with Gasteiger partial charge in [-0.1, -0.05) is 19.9 Å². The number of hydrogen-bond donors (Lipinski definition) is 2. The number of carboxylic acid groups (broad SMARTS) is 1. The van der Waals surface area contributed by atoms with Crippen LogP contribution in [0.2, 0.25) is 0 Å². The van der Waals surface area contributed by atoms with Gasteiger partial charge in [0.1, 0.15) is 0 Å². The van der Waals surface area contributed by atoms with E-state index in [9.17, 15) is 14.3 Å². The summed E-state index contributed by atoms with van der Waals surface area (Å²) in [6, 6.07) is 2.83. The van der Waals surface area contributed by atoms with Gasteiger partial charge in [-0.05, 0) is 18.6 Å². The standard InChI is InChI=1S/C12H15FO3/c1-7-4-8(11(16)9(13)5-7)12(2,3)6-10(14)15/h4-5,16H,6H2,1-3H3,(H,14,15). The maximum atomic E-state index is 13.3. The lowest BCUT2D eigenvalue weighted by molar-refractivity contribution is -0.138. The Bertz CT molecular complexity index is 425. The van der Waals surface area contributed by atoms with E-state index in [4.69, 9.17) is 5.11 Å². The molecule has 0 bridgehead atoms. The minimum Gasteiger partial charge on any atom is -0.505 e. The van der Waals surface area contributed by atoms with Gasteiger partial charge in [0.05, 0.1) is 6.42 Å². The number of aromatic hydroxyl groups is 1. The SMILES string of the molecule is Cc1cc(F)c(O)c(C(C)(C)CC(=O)O)c1. The van der Waals surface area contributed by atoms with Gasteiger partial charge < -0.3 is 10.2 Å². The number of phenols is 1. The van der Waals surface area contributed by atoms with E-state index in [1.54, 1.807) is 26.8 Å². The Kier molecular flexibility index (Phi) is 3.21. The average molecular weight is 226 g/mol. The van der Waals surface area contributed by atoms with Crippen molar-refractivity contribution in [2.24, 2.45) is 0 Å². The van der Waals surface area contributed by atoms with Gasteiger partial charge in [-0.25, -0.2) is 4.39 Å². The van der Waals surface area contributed by atoms with E-state index in [1.165, 1.54) is 6.07 Å². The van der Waals surface area contributed by atoms with Gasteiger partial charge in [-0.15, -0.1) is 0 Å². The van der Waals surface area contributed by atoms with Gasteiger partial charge in [0.2, 0.25) is 0 Å². The zero-order chi connectivity index (χ0) is 12.5. The molecule has 1 aromatic rings. The molecule has 1 rings (SSSR count). The van der Waals surface area contributed by atoms with Crippen molar-refractivity contribution in [3.8, 4) is 5.75 Å². The summed E-state index contributed by atoms with van der Waals surface area (Å²) < 4.78 is 13.3. The monoisotopic (exact) mass is 226 g/mol. The topological polar surface area (TPSA) is 57.5 Å². The summed E-state index contributed by atoms with van der Waals surface area (Å²) in [5.74, 6) is -2.16. The van der Waals surface area contributed by atoms with E-state index in [2.05, 4.69) is 0 Å². The molecule has 2 N–H and O–H groups in total. The van der Waals surface area contributed by atoms with Crippen molar-refractivity contribution in [1.29, 1.82) is 0 Å². The van der Waals surface area contributed by atoms with Gasteiger partial charge in [0.15, 0.2) is 11.6 Å². The van der Waals surface area contributed by atoms with Crippen molar-refractivity contribution < 1.29 is 19.4 Å². The van der Waals surface area contributed by atoms with E-state index in [-0.39, 0.29) is 6.42 Å². The molecule has 0 heterocycles. The summed E-state index contributed by atoms with van der Waals surface area (Å²) in [7, 11) is 0. The van der Waals surface area contributed by atoms with Crippen LogP contribution >= 0.6 is 0 Å². The number of carboxylic acids is 1. The Morgan fingerprint density at radius 2 is 2.00 bits per heavy atom. The first kappa shape index (κ1) is 12.5. The van der Waals surface area contributed by atoms with Gasteiger partial charge in [0.25, 0.3) is 0 Å². The largest absolute Gasteiger partial charge is 0.505 e. The van der Waals surface area contributed by atoms with Gasteiger partial charge in [-0.2, -0.15) is 0 Å². The predicted octanol–water partition coefficient (Wildman–Crippen LogP) is 2.59. The minimum atomic E-state index is -0.980. The first-order valence-corrected chi connectivity index (χ1v) is 4.95. The molecule has 0 radical (unpaired) electrons. The smallest absolute Gasteiger partial charge is 0.304 e. The highest BCUT2D eigenvalue weighted by molar-refractivity contribution is 5.69. The molecule has 0 aliphatic rings. The van der Waals surface area contributed by atoms with Gasteiger partial charge in [-0.3, -0.25) is 4.79 Å². The third-order valence-corrected chi connectivity index (χ3v) is 2.53. The molecule has 1 aromatic carbocycles. The highest BCUT2D eigenvalue weighted by Gasteiger charge is 2.28. The summed E-state index contributed by atoms with van der Waals surface area (Å²) >= 11 is 0. The van der Waals surface area contributed by atoms with Crippen molar-refractivity contribution in [2.45, 2.75) is 32.6 Å². The van der Waals surface area contributed by atoms with Crippen LogP contribution in [-0.4, -0.2) is 16.2 Å². The van der Waals surface area contributed by atoms with Crippen molar-refractivity contribution in [3.05, 3.63) is 29.1 Å². The summed E-state index contributed by atoms with van der Waals surface area (Å²) in [6.07, 6.45) is -0.163. The fourth-order valence-corrected chi connectivity index (χ4v) is 1.72. The molecule has 88 valence electrons. The second kappa shape index (κ2) is 4.12. The van der Waals surface area contributed by atoms with E-state index in [0.717, 1.165) is 0 Å². The van der Waals surface area contributed by atoms with E-state index in [0.29, 0.717) is 11.1 Å². The summed E-state index contributed by atoms with van der Waals surface area (Å²) in [6.45, 7) is 5.02. The molecular weight excluding hydrogens is 211 g/mol. The Morgan fingerprint density at radius 1 is 1.44 bits per heavy atom. The molecule has 4 heteroatoms. The Hall–Kier alpha value is -1.58. The fraction of sp³-hybridized carbons (Fsp3) is 0.417. The molecule has 0 spiro atoms. The van der Waals surface area contributed by atoms with Crippen LogP contribution in [0, 0.1) is 12.7 Å². The molecule has 0 aromatic heterocycles. The van der Waals surface area contributed by atoms with Crippen LogP contribution in [0.3, 0.4) is 0 Å². The van der Waals surface area contributed by atoms with Crippen LogP contribution in [-0.2, 0) is 10.2 Å².